The molecule has 1 saturated heterocycles. The van der Waals surface area contributed by atoms with Crippen LogP contribution in [-0.2, 0) is 21.4 Å². The molecule has 0 saturated carbocycles. The molecule has 0 radical (unpaired) electrons. The Morgan fingerprint density at radius 3 is 2.62 bits per heavy atom. The lowest BCUT2D eigenvalue weighted by atomic mass is 9.97. The van der Waals surface area contributed by atoms with Gasteiger partial charge in [0.05, 0.1) is 17.4 Å². The smallest absolute Gasteiger partial charge is 0.243 e. The average Bonchev–Trinajstić information content (AvgIpc) is 3.46. The quantitative estimate of drug-likeness (QED) is 0.547. The molecule has 0 atom stereocenters. The Balaban J connectivity index is 1.38. The van der Waals surface area contributed by atoms with Gasteiger partial charge in [0.2, 0.25) is 15.9 Å². The van der Waals surface area contributed by atoms with E-state index in [1.54, 1.807) is 41.4 Å². The number of benzene rings is 1. The van der Waals surface area contributed by atoms with E-state index in [2.05, 4.69) is 10.4 Å². The summed E-state index contributed by atoms with van der Waals surface area (Å²) < 4.78 is 34.3. The summed E-state index contributed by atoms with van der Waals surface area (Å²) in [7, 11) is -3.73. The lowest BCUT2D eigenvalue weighted by Crippen LogP contribution is -2.41. The maximum Gasteiger partial charge on any atom is 0.243 e. The molecule has 0 bridgehead atoms. The van der Waals surface area contributed by atoms with Crippen molar-refractivity contribution in [2.75, 3.05) is 18.4 Å². The van der Waals surface area contributed by atoms with Crippen molar-refractivity contribution in [3.05, 3.63) is 66.2 Å². The normalized spacial score (nSPS) is 15.5. The molecule has 1 aliphatic rings. The summed E-state index contributed by atoms with van der Waals surface area (Å²) in [5, 5.41) is 7.11. The van der Waals surface area contributed by atoms with Crippen LogP contribution in [0.2, 0.25) is 0 Å². The summed E-state index contributed by atoms with van der Waals surface area (Å²) in [5.74, 6) is 0.613. The van der Waals surface area contributed by atoms with E-state index in [9.17, 15) is 18.0 Å². The van der Waals surface area contributed by atoms with Crippen molar-refractivity contribution in [2.45, 2.75) is 31.2 Å². The maximum atomic E-state index is 13.0. The van der Waals surface area contributed by atoms with Gasteiger partial charge < -0.3 is 9.73 Å². The van der Waals surface area contributed by atoms with Crippen molar-refractivity contribution < 1.29 is 22.4 Å². The maximum absolute atomic E-state index is 13.0. The van der Waals surface area contributed by atoms with E-state index in [1.807, 2.05) is 6.07 Å². The zero-order valence-electron chi connectivity index (χ0n) is 17.6. The van der Waals surface area contributed by atoms with E-state index in [4.69, 9.17) is 4.42 Å². The number of hydrogen-bond donors (Lipinski definition) is 1. The second-order valence-electron chi connectivity index (χ2n) is 7.71. The highest BCUT2D eigenvalue weighted by Crippen LogP contribution is 2.25. The number of rotatable bonds is 7. The van der Waals surface area contributed by atoms with Crippen LogP contribution in [0.1, 0.15) is 35.9 Å². The van der Waals surface area contributed by atoms with Crippen molar-refractivity contribution in [3.63, 3.8) is 0 Å². The predicted octanol–water partition coefficient (Wildman–Crippen LogP) is 2.77. The monoisotopic (exact) mass is 456 g/mol. The van der Waals surface area contributed by atoms with Crippen LogP contribution >= 0.6 is 0 Å². The number of Topliss-reactive ketones (excluding diaryl/α,β-unsaturated/α-hetero) is 1. The number of piperidine rings is 1. The third-order valence-corrected chi connectivity index (χ3v) is 7.45. The summed E-state index contributed by atoms with van der Waals surface area (Å²) in [6.07, 6.45) is 3.99. The van der Waals surface area contributed by atoms with Crippen LogP contribution in [0.25, 0.3) is 0 Å². The number of amides is 1. The molecular formula is C22H24N4O5S. The zero-order chi connectivity index (χ0) is 22.7. The number of carbonyl (C=O) groups is 2. The first-order valence-corrected chi connectivity index (χ1v) is 11.7. The van der Waals surface area contributed by atoms with Crippen molar-refractivity contribution >= 4 is 27.5 Å². The first-order chi connectivity index (χ1) is 15.3. The summed E-state index contributed by atoms with van der Waals surface area (Å²) in [6, 6.07) is 11.4. The summed E-state index contributed by atoms with van der Waals surface area (Å²) >= 11 is 0. The Kier molecular flexibility index (Phi) is 6.24. The van der Waals surface area contributed by atoms with E-state index in [0.717, 1.165) is 5.76 Å². The molecule has 1 aromatic carbocycles. The van der Waals surface area contributed by atoms with Gasteiger partial charge in [-0.05, 0) is 44.0 Å². The van der Waals surface area contributed by atoms with E-state index in [0.29, 0.717) is 30.8 Å². The summed E-state index contributed by atoms with van der Waals surface area (Å²) in [6.45, 7) is 2.26. The molecule has 2 aromatic heterocycles. The van der Waals surface area contributed by atoms with Gasteiger partial charge in [-0.2, -0.15) is 9.40 Å². The predicted molar refractivity (Wildman–Crippen MR) is 117 cm³/mol. The van der Waals surface area contributed by atoms with Crippen molar-refractivity contribution in [2.24, 2.45) is 5.92 Å². The van der Waals surface area contributed by atoms with Gasteiger partial charge in [-0.15, -0.1) is 0 Å². The molecule has 168 valence electrons. The van der Waals surface area contributed by atoms with E-state index < -0.39 is 10.0 Å². The largest absolute Gasteiger partial charge is 0.467 e. The fraction of sp³-hybridized carbons (Fsp3) is 0.318. The second kappa shape index (κ2) is 9.09. The molecule has 32 heavy (non-hydrogen) atoms. The number of anilines is 1. The molecule has 3 aromatic rings. The molecule has 3 heterocycles. The number of nitrogens with zero attached hydrogens (tertiary/aromatic N) is 3. The van der Waals surface area contributed by atoms with Crippen LogP contribution in [-0.4, -0.2) is 47.3 Å². The van der Waals surface area contributed by atoms with Crippen LogP contribution in [0.15, 0.2) is 64.2 Å². The topological polar surface area (TPSA) is 115 Å². The first-order valence-electron chi connectivity index (χ1n) is 10.3. The Bertz CT molecular complexity index is 1210. The van der Waals surface area contributed by atoms with Gasteiger partial charge in [0.1, 0.15) is 18.1 Å². The molecular weight excluding hydrogens is 432 g/mol. The lowest BCUT2D eigenvalue weighted by molar-refractivity contribution is -0.121. The number of carbonyl (C=O) groups excluding carboxylic acids is 2. The number of hydrogen-bond acceptors (Lipinski definition) is 6. The van der Waals surface area contributed by atoms with Crippen LogP contribution in [0.3, 0.4) is 0 Å². The van der Waals surface area contributed by atoms with Crippen molar-refractivity contribution in [1.29, 1.82) is 0 Å². The van der Waals surface area contributed by atoms with Gasteiger partial charge in [-0.3, -0.25) is 9.59 Å². The molecule has 1 N–H and O–H groups in total. The first kappa shape index (κ1) is 22.0. The van der Waals surface area contributed by atoms with E-state index >= 15 is 0 Å². The highest BCUT2D eigenvalue weighted by atomic mass is 32.2. The summed E-state index contributed by atoms with van der Waals surface area (Å²) in [4.78, 5) is 24.5. The number of furan rings is 1. The van der Waals surface area contributed by atoms with Gasteiger partial charge >= 0.3 is 0 Å². The highest BCUT2D eigenvalue weighted by Gasteiger charge is 2.32. The molecule has 1 aliphatic heterocycles. The van der Waals surface area contributed by atoms with E-state index in [-0.39, 0.29) is 35.6 Å². The van der Waals surface area contributed by atoms with Crippen molar-refractivity contribution in [1.82, 2.24) is 14.1 Å². The Morgan fingerprint density at radius 1 is 1.16 bits per heavy atom. The van der Waals surface area contributed by atoms with Gasteiger partial charge in [0, 0.05) is 30.6 Å². The molecule has 0 unspecified atom stereocenters. The second-order valence-corrected chi connectivity index (χ2v) is 9.64. The molecule has 9 nitrogen and oxygen atoms in total. The van der Waals surface area contributed by atoms with Crippen LogP contribution in [0, 0.1) is 5.92 Å². The average molecular weight is 457 g/mol. The number of aromatic nitrogens is 2. The number of sulfonamides is 1. The fourth-order valence-electron chi connectivity index (χ4n) is 3.73. The minimum Gasteiger partial charge on any atom is -0.467 e. The zero-order valence-corrected chi connectivity index (χ0v) is 18.4. The van der Waals surface area contributed by atoms with Gasteiger partial charge in [0.15, 0.2) is 5.78 Å². The standard InChI is InChI=1S/C22H24N4O5S/c1-16(27)18-4-2-6-20(14-18)32(29,30)25-11-8-17(9-12-25)22(28)24-21-7-10-23-26(21)15-19-5-3-13-31-19/h2-7,10,13-14,17H,8-9,11-12,15H2,1H3,(H,24,28). The minimum atomic E-state index is -3.73. The van der Waals surface area contributed by atoms with Gasteiger partial charge in [0.25, 0.3) is 0 Å². The van der Waals surface area contributed by atoms with E-state index in [1.165, 1.54) is 23.4 Å². The molecule has 4 rings (SSSR count). The third kappa shape index (κ3) is 4.66. The number of ketones is 1. The molecule has 10 heteroatoms. The Hall–Kier alpha value is -3.24. The van der Waals surface area contributed by atoms with Crippen LogP contribution < -0.4 is 5.32 Å². The molecule has 0 spiro atoms. The van der Waals surface area contributed by atoms with Crippen LogP contribution in [0.5, 0.6) is 0 Å². The molecule has 1 fully saturated rings. The minimum absolute atomic E-state index is 0.0925. The van der Waals surface area contributed by atoms with Gasteiger partial charge in [-0.1, -0.05) is 12.1 Å². The number of nitrogens with one attached hydrogen (secondary N) is 1. The van der Waals surface area contributed by atoms with Crippen molar-refractivity contribution in [3.8, 4) is 0 Å². The van der Waals surface area contributed by atoms with Crippen LogP contribution in [0.4, 0.5) is 5.82 Å². The molecule has 1 amide bonds. The third-order valence-electron chi connectivity index (χ3n) is 5.56. The Morgan fingerprint density at radius 2 is 1.94 bits per heavy atom. The SMILES string of the molecule is CC(=O)c1cccc(S(=O)(=O)N2CCC(C(=O)Nc3ccnn3Cc3ccco3)CC2)c1. The van der Waals surface area contributed by atoms with Gasteiger partial charge in [-0.25, -0.2) is 13.1 Å². The molecule has 0 aliphatic carbocycles. The Labute approximate surface area is 186 Å². The fourth-order valence-corrected chi connectivity index (χ4v) is 5.24. The lowest BCUT2D eigenvalue weighted by Gasteiger charge is -2.30. The highest BCUT2D eigenvalue weighted by molar-refractivity contribution is 7.89. The summed E-state index contributed by atoms with van der Waals surface area (Å²) in [5.41, 5.74) is 0.353.